The summed E-state index contributed by atoms with van der Waals surface area (Å²) in [6.45, 7) is 3.89. The molecule has 0 spiro atoms. The van der Waals surface area contributed by atoms with Gasteiger partial charge in [-0.25, -0.2) is 0 Å². The van der Waals surface area contributed by atoms with Crippen molar-refractivity contribution in [2.45, 2.75) is 20.4 Å². The zero-order valence-corrected chi connectivity index (χ0v) is 14.4. The van der Waals surface area contributed by atoms with Crippen LogP contribution in [0.1, 0.15) is 21.9 Å². The number of hydrogen-bond acceptors (Lipinski definition) is 4. The van der Waals surface area contributed by atoms with Gasteiger partial charge in [-0.3, -0.25) is 4.79 Å². The largest absolute Gasteiger partial charge is 0.497 e. The van der Waals surface area contributed by atoms with E-state index in [-0.39, 0.29) is 5.91 Å². The normalized spacial score (nSPS) is 11.7. The number of carbonyl (C=O) groups is 1. The molecule has 6 heteroatoms. The Morgan fingerprint density at radius 3 is 2.83 bits per heavy atom. The molecule has 3 aromatic rings. The third-order valence-corrected chi connectivity index (χ3v) is 4.65. The summed E-state index contributed by atoms with van der Waals surface area (Å²) in [5, 5.41) is 0. The van der Waals surface area contributed by atoms with E-state index in [1.165, 1.54) is 11.3 Å². The van der Waals surface area contributed by atoms with Gasteiger partial charge in [-0.2, -0.15) is 4.99 Å². The number of ether oxygens (including phenoxy) is 1. The zero-order valence-electron chi connectivity index (χ0n) is 13.6. The maximum absolute atomic E-state index is 12.5. The molecule has 0 aliphatic rings. The summed E-state index contributed by atoms with van der Waals surface area (Å²) in [5.41, 5.74) is 1.39. The molecule has 0 fully saturated rings. The first-order valence-electron chi connectivity index (χ1n) is 7.30. The molecule has 0 aliphatic carbocycles. The minimum Gasteiger partial charge on any atom is -0.497 e. The highest BCUT2D eigenvalue weighted by atomic mass is 32.1. The van der Waals surface area contributed by atoms with E-state index in [9.17, 15) is 4.79 Å². The van der Waals surface area contributed by atoms with Gasteiger partial charge >= 0.3 is 0 Å². The number of hydrogen-bond donors (Lipinski definition) is 0. The van der Waals surface area contributed by atoms with Gasteiger partial charge in [0.1, 0.15) is 17.3 Å². The maximum Gasteiger partial charge on any atom is 0.283 e. The van der Waals surface area contributed by atoms with E-state index in [4.69, 9.17) is 15.6 Å². The molecular formula is C18H16N2O3S. The molecule has 0 unspecified atom stereocenters. The molecule has 24 heavy (non-hydrogen) atoms. The molecule has 3 rings (SSSR count). The molecule has 0 radical (unpaired) electrons. The van der Waals surface area contributed by atoms with Gasteiger partial charge in [0.05, 0.1) is 29.4 Å². The molecule has 0 N–H and O–H groups in total. The maximum atomic E-state index is 12.5. The SMILES string of the molecule is C#CCn1c(=NC(=O)c2cc(C)oc2C)sc2cc(OC)ccc21. The minimum absolute atomic E-state index is 0.335. The van der Waals surface area contributed by atoms with E-state index in [1.807, 2.05) is 22.8 Å². The summed E-state index contributed by atoms with van der Waals surface area (Å²) in [5.74, 6) is 4.26. The average Bonchev–Trinajstić information content (AvgIpc) is 3.07. The highest BCUT2D eigenvalue weighted by molar-refractivity contribution is 7.16. The van der Waals surface area contributed by atoms with Crippen LogP contribution in [0.15, 0.2) is 33.7 Å². The molecule has 1 aromatic carbocycles. The van der Waals surface area contributed by atoms with Gasteiger partial charge in [0, 0.05) is 0 Å². The van der Waals surface area contributed by atoms with Gasteiger partial charge in [0.2, 0.25) is 0 Å². The van der Waals surface area contributed by atoms with Crippen molar-refractivity contribution in [2.24, 2.45) is 4.99 Å². The van der Waals surface area contributed by atoms with Crippen molar-refractivity contribution >= 4 is 27.5 Å². The van der Waals surface area contributed by atoms with Crippen LogP contribution in [0.2, 0.25) is 0 Å². The Balaban J connectivity index is 2.17. The number of carbonyl (C=O) groups excluding carboxylic acids is 1. The van der Waals surface area contributed by atoms with E-state index >= 15 is 0 Å². The quantitative estimate of drug-likeness (QED) is 0.688. The number of fused-ring (bicyclic) bond motifs is 1. The first kappa shape index (κ1) is 16.1. The molecular weight excluding hydrogens is 324 g/mol. The zero-order chi connectivity index (χ0) is 17.3. The van der Waals surface area contributed by atoms with E-state index in [1.54, 1.807) is 27.0 Å². The van der Waals surface area contributed by atoms with Gasteiger partial charge in [-0.1, -0.05) is 17.3 Å². The highest BCUT2D eigenvalue weighted by Crippen LogP contribution is 2.23. The van der Waals surface area contributed by atoms with Gasteiger partial charge in [-0.15, -0.1) is 6.42 Å². The summed E-state index contributed by atoms with van der Waals surface area (Å²) in [6, 6.07) is 7.38. The Morgan fingerprint density at radius 2 is 2.21 bits per heavy atom. The van der Waals surface area contributed by atoms with Crippen LogP contribution < -0.4 is 9.54 Å². The lowest BCUT2D eigenvalue weighted by atomic mass is 10.2. The number of methoxy groups -OCH3 is 1. The van der Waals surface area contributed by atoms with Crippen LogP contribution in [0.4, 0.5) is 0 Å². The predicted octanol–water partition coefficient (Wildman–Crippen LogP) is 3.30. The summed E-state index contributed by atoms with van der Waals surface area (Å²) in [7, 11) is 1.61. The van der Waals surface area contributed by atoms with Crippen LogP contribution in [-0.2, 0) is 6.54 Å². The Morgan fingerprint density at radius 1 is 1.42 bits per heavy atom. The summed E-state index contributed by atoms with van der Waals surface area (Å²) in [4.78, 5) is 17.3. The van der Waals surface area contributed by atoms with Crippen molar-refractivity contribution in [1.82, 2.24) is 4.57 Å². The standard InChI is InChI=1S/C18H16N2O3S/c1-5-8-20-15-7-6-13(22-4)10-16(15)24-18(20)19-17(21)14-9-11(2)23-12(14)3/h1,6-7,9-10H,8H2,2-4H3. The van der Waals surface area contributed by atoms with Crippen molar-refractivity contribution < 1.29 is 13.9 Å². The van der Waals surface area contributed by atoms with E-state index in [2.05, 4.69) is 10.9 Å². The number of thiazole rings is 1. The van der Waals surface area contributed by atoms with Crippen LogP contribution in [0.25, 0.3) is 10.2 Å². The number of nitrogens with zero attached hydrogens (tertiary/aromatic N) is 2. The molecule has 0 bridgehead atoms. The van der Waals surface area contributed by atoms with Gasteiger partial charge in [0.25, 0.3) is 5.91 Å². The fraction of sp³-hybridized carbons (Fsp3) is 0.222. The molecule has 1 amide bonds. The Hall–Kier alpha value is -2.78. The number of benzene rings is 1. The van der Waals surface area contributed by atoms with Crippen molar-refractivity contribution in [3.8, 4) is 18.1 Å². The van der Waals surface area contributed by atoms with Gasteiger partial charge < -0.3 is 13.7 Å². The fourth-order valence-electron chi connectivity index (χ4n) is 2.50. The number of rotatable bonds is 3. The molecule has 2 aromatic heterocycles. The van der Waals surface area contributed by atoms with Gasteiger partial charge in [-0.05, 0) is 38.1 Å². The molecule has 2 heterocycles. The molecule has 122 valence electrons. The van der Waals surface area contributed by atoms with Crippen LogP contribution in [0.5, 0.6) is 5.75 Å². The number of aromatic nitrogens is 1. The second-order valence-corrected chi connectivity index (χ2v) is 6.26. The number of terminal acetylenes is 1. The second-order valence-electron chi connectivity index (χ2n) is 5.25. The first-order chi connectivity index (χ1) is 11.5. The molecule has 0 atom stereocenters. The van der Waals surface area contributed by atoms with E-state index < -0.39 is 0 Å². The number of furan rings is 1. The number of amides is 1. The third kappa shape index (κ3) is 2.86. The van der Waals surface area contributed by atoms with Crippen molar-refractivity contribution in [3.05, 3.63) is 46.2 Å². The van der Waals surface area contributed by atoms with E-state index in [0.717, 1.165) is 16.0 Å². The lowest BCUT2D eigenvalue weighted by molar-refractivity contribution is 0.0996. The first-order valence-corrected chi connectivity index (χ1v) is 8.12. The molecule has 0 aliphatic heterocycles. The Kier molecular flexibility index (Phi) is 4.28. The summed E-state index contributed by atoms with van der Waals surface area (Å²) in [6.07, 6.45) is 5.47. The summed E-state index contributed by atoms with van der Waals surface area (Å²) < 4.78 is 13.5. The van der Waals surface area contributed by atoms with Gasteiger partial charge in [0.15, 0.2) is 4.80 Å². The van der Waals surface area contributed by atoms with Crippen LogP contribution >= 0.6 is 11.3 Å². The van der Waals surface area contributed by atoms with Crippen molar-refractivity contribution in [2.75, 3.05) is 7.11 Å². The van der Waals surface area contributed by atoms with Crippen molar-refractivity contribution in [3.63, 3.8) is 0 Å². The number of aryl methyl sites for hydroxylation is 2. The molecule has 5 nitrogen and oxygen atoms in total. The van der Waals surface area contributed by atoms with E-state index in [0.29, 0.717) is 28.4 Å². The lowest BCUT2D eigenvalue weighted by Crippen LogP contribution is -2.16. The molecule has 0 saturated heterocycles. The van der Waals surface area contributed by atoms with Crippen LogP contribution in [0.3, 0.4) is 0 Å². The second kappa shape index (κ2) is 6.38. The van der Waals surface area contributed by atoms with Crippen molar-refractivity contribution in [1.29, 1.82) is 0 Å². The van der Waals surface area contributed by atoms with Crippen LogP contribution in [0, 0.1) is 26.2 Å². The predicted molar refractivity (Wildman–Crippen MR) is 93.3 cm³/mol. The third-order valence-electron chi connectivity index (χ3n) is 3.61. The fourth-order valence-corrected chi connectivity index (χ4v) is 3.56. The monoisotopic (exact) mass is 340 g/mol. The topological polar surface area (TPSA) is 56.7 Å². The Bertz CT molecular complexity index is 1030. The lowest BCUT2D eigenvalue weighted by Gasteiger charge is -2.01. The highest BCUT2D eigenvalue weighted by Gasteiger charge is 2.14. The minimum atomic E-state index is -0.339. The average molecular weight is 340 g/mol. The summed E-state index contributed by atoms with van der Waals surface area (Å²) >= 11 is 1.40. The van der Waals surface area contributed by atoms with Crippen LogP contribution in [-0.4, -0.2) is 17.6 Å². The smallest absolute Gasteiger partial charge is 0.283 e. The Labute approximate surface area is 143 Å². The molecule has 0 saturated carbocycles.